The number of unbranched alkanes of at least 4 members (excludes halogenated alkanes) is 7. The summed E-state index contributed by atoms with van der Waals surface area (Å²) in [6, 6.07) is 6.16. The molecule has 1 rings (SSSR count). The molecule has 2 nitrogen and oxygen atoms in total. The first-order valence-corrected chi connectivity index (χ1v) is 7.84. The van der Waals surface area contributed by atoms with E-state index in [-0.39, 0.29) is 0 Å². The molecule has 0 saturated carbocycles. The molecule has 0 aromatic heterocycles. The van der Waals surface area contributed by atoms with Crippen molar-refractivity contribution in [3.63, 3.8) is 0 Å². The topological polar surface area (TPSA) is 38.0 Å². The van der Waals surface area contributed by atoms with Gasteiger partial charge in [0.25, 0.3) is 0 Å². The molecular formula is C17H30N2. The van der Waals surface area contributed by atoms with Crippen LogP contribution in [0.4, 0.5) is 11.4 Å². The van der Waals surface area contributed by atoms with Crippen molar-refractivity contribution >= 4 is 11.4 Å². The Labute approximate surface area is 118 Å². The number of benzene rings is 1. The molecule has 0 amide bonds. The van der Waals surface area contributed by atoms with E-state index < -0.39 is 0 Å². The van der Waals surface area contributed by atoms with Crippen LogP contribution in [0, 0.1) is 6.92 Å². The van der Waals surface area contributed by atoms with Crippen LogP contribution in [0.5, 0.6) is 0 Å². The summed E-state index contributed by atoms with van der Waals surface area (Å²) in [7, 11) is 0. The van der Waals surface area contributed by atoms with Crippen molar-refractivity contribution < 1.29 is 0 Å². The quantitative estimate of drug-likeness (QED) is 0.453. The van der Waals surface area contributed by atoms with Crippen LogP contribution in [0.15, 0.2) is 18.2 Å². The van der Waals surface area contributed by atoms with Gasteiger partial charge in [-0.15, -0.1) is 0 Å². The number of nitrogen functional groups attached to an aromatic ring is 1. The van der Waals surface area contributed by atoms with E-state index in [1.165, 1.54) is 56.9 Å². The summed E-state index contributed by atoms with van der Waals surface area (Å²) in [6.07, 6.45) is 10.9. The van der Waals surface area contributed by atoms with E-state index >= 15 is 0 Å². The van der Waals surface area contributed by atoms with Gasteiger partial charge in [-0.3, -0.25) is 0 Å². The zero-order chi connectivity index (χ0) is 13.9. The molecule has 0 fully saturated rings. The largest absolute Gasteiger partial charge is 0.397 e. The van der Waals surface area contributed by atoms with E-state index in [0.717, 1.165) is 17.9 Å². The molecule has 19 heavy (non-hydrogen) atoms. The standard InChI is InChI=1S/C17H30N2/c1-3-4-5-6-7-8-9-10-13-19-17-14-15(2)11-12-16(17)18/h11-12,14,19H,3-10,13,18H2,1-2H3. The first-order valence-electron chi connectivity index (χ1n) is 7.84. The van der Waals surface area contributed by atoms with Gasteiger partial charge in [0, 0.05) is 6.54 Å². The Hall–Kier alpha value is -1.18. The van der Waals surface area contributed by atoms with E-state index in [1.54, 1.807) is 0 Å². The summed E-state index contributed by atoms with van der Waals surface area (Å²) < 4.78 is 0. The Morgan fingerprint density at radius 1 is 0.947 bits per heavy atom. The second-order valence-electron chi connectivity index (χ2n) is 5.49. The van der Waals surface area contributed by atoms with Crippen LogP contribution in [0.25, 0.3) is 0 Å². The highest BCUT2D eigenvalue weighted by atomic mass is 14.9. The van der Waals surface area contributed by atoms with Gasteiger partial charge in [0.1, 0.15) is 0 Å². The maximum Gasteiger partial charge on any atom is 0.0576 e. The van der Waals surface area contributed by atoms with Gasteiger partial charge < -0.3 is 11.1 Å². The Kier molecular flexibility index (Phi) is 8.11. The Morgan fingerprint density at radius 3 is 2.26 bits per heavy atom. The van der Waals surface area contributed by atoms with Crippen LogP contribution in [0.3, 0.4) is 0 Å². The van der Waals surface area contributed by atoms with Crippen LogP contribution >= 0.6 is 0 Å². The van der Waals surface area contributed by atoms with Gasteiger partial charge in [0.15, 0.2) is 0 Å². The van der Waals surface area contributed by atoms with Crippen molar-refractivity contribution in [1.29, 1.82) is 0 Å². The average molecular weight is 262 g/mol. The first-order chi connectivity index (χ1) is 9.24. The normalized spacial score (nSPS) is 10.6. The van der Waals surface area contributed by atoms with Crippen LogP contribution in [-0.4, -0.2) is 6.54 Å². The predicted molar refractivity (Wildman–Crippen MR) is 86.7 cm³/mol. The summed E-state index contributed by atoms with van der Waals surface area (Å²) in [6.45, 7) is 5.40. The molecule has 0 atom stereocenters. The highest BCUT2D eigenvalue weighted by Crippen LogP contribution is 2.19. The molecule has 0 aliphatic heterocycles. The second kappa shape index (κ2) is 9.71. The Bertz CT molecular complexity index is 347. The zero-order valence-electron chi connectivity index (χ0n) is 12.7. The SMILES string of the molecule is CCCCCCCCCCNc1cc(C)ccc1N. The van der Waals surface area contributed by atoms with Crippen molar-refractivity contribution in [1.82, 2.24) is 0 Å². The monoisotopic (exact) mass is 262 g/mol. The molecule has 1 aromatic rings. The summed E-state index contributed by atoms with van der Waals surface area (Å²) in [5.41, 5.74) is 9.13. The smallest absolute Gasteiger partial charge is 0.0576 e. The molecule has 0 bridgehead atoms. The molecule has 0 saturated heterocycles. The lowest BCUT2D eigenvalue weighted by molar-refractivity contribution is 0.581. The fourth-order valence-electron chi connectivity index (χ4n) is 2.31. The van der Waals surface area contributed by atoms with E-state index in [4.69, 9.17) is 5.73 Å². The van der Waals surface area contributed by atoms with E-state index in [1.807, 2.05) is 6.07 Å². The molecule has 3 N–H and O–H groups in total. The third kappa shape index (κ3) is 7.09. The van der Waals surface area contributed by atoms with Gasteiger partial charge in [0.05, 0.1) is 11.4 Å². The fourth-order valence-corrected chi connectivity index (χ4v) is 2.31. The Morgan fingerprint density at radius 2 is 1.58 bits per heavy atom. The minimum Gasteiger partial charge on any atom is -0.397 e. The minimum atomic E-state index is 0.852. The van der Waals surface area contributed by atoms with Crippen molar-refractivity contribution in [2.75, 3.05) is 17.6 Å². The molecule has 1 aromatic carbocycles. The van der Waals surface area contributed by atoms with Crippen molar-refractivity contribution in [2.24, 2.45) is 0 Å². The molecular weight excluding hydrogens is 232 g/mol. The lowest BCUT2D eigenvalue weighted by Gasteiger charge is -2.10. The maximum absolute atomic E-state index is 5.94. The lowest BCUT2D eigenvalue weighted by Crippen LogP contribution is -2.04. The molecule has 2 heteroatoms. The van der Waals surface area contributed by atoms with Gasteiger partial charge >= 0.3 is 0 Å². The van der Waals surface area contributed by atoms with Gasteiger partial charge in [0.2, 0.25) is 0 Å². The summed E-state index contributed by atoms with van der Waals surface area (Å²) >= 11 is 0. The third-order valence-corrected chi connectivity index (χ3v) is 3.55. The summed E-state index contributed by atoms with van der Waals surface area (Å²) in [5, 5.41) is 3.44. The average Bonchev–Trinajstić information content (AvgIpc) is 2.40. The Balaban J connectivity index is 2.03. The highest BCUT2D eigenvalue weighted by molar-refractivity contribution is 5.66. The number of hydrogen-bond donors (Lipinski definition) is 2. The zero-order valence-corrected chi connectivity index (χ0v) is 12.7. The third-order valence-electron chi connectivity index (χ3n) is 3.55. The number of hydrogen-bond acceptors (Lipinski definition) is 2. The van der Waals surface area contributed by atoms with Gasteiger partial charge in [-0.2, -0.15) is 0 Å². The van der Waals surface area contributed by atoms with Gasteiger partial charge in [-0.05, 0) is 31.0 Å². The maximum atomic E-state index is 5.94. The molecule has 0 aliphatic carbocycles. The predicted octanol–water partition coefficient (Wildman–Crippen LogP) is 5.13. The molecule has 0 spiro atoms. The molecule has 0 unspecified atom stereocenters. The summed E-state index contributed by atoms with van der Waals surface area (Å²) in [4.78, 5) is 0. The molecule has 0 heterocycles. The molecule has 0 aliphatic rings. The first kappa shape index (κ1) is 15.9. The van der Waals surface area contributed by atoms with E-state index in [9.17, 15) is 0 Å². The van der Waals surface area contributed by atoms with Crippen LogP contribution < -0.4 is 11.1 Å². The molecule has 0 radical (unpaired) electrons. The van der Waals surface area contributed by atoms with Crippen LogP contribution in [0.2, 0.25) is 0 Å². The lowest BCUT2D eigenvalue weighted by atomic mass is 10.1. The fraction of sp³-hybridized carbons (Fsp3) is 0.647. The van der Waals surface area contributed by atoms with Crippen LogP contribution in [-0.2, 0) is 0 Å². The number of nitrogens with one attached hydrogen (secondary N) is 1. The molecule has 108 valence electrons. The van der Waals surface area contributed by atoms with E-state index in [2.05, 4.69) is 31.3 Å². The number of rotatable bonds is 10. The second-order valence-corrected chi connectivity index (χ2v) is 5.49. The minimum absolute atomic E-state index is 0.852. The number of nitrogens with two attached hydrogens (primary N) is 1. The van der Waals surface area contributed by atoms with Gasteiger partial charge in [-0.25, -0.2) is 0 Å². The summed E-state index contributed by atoms with van der Waals surface area (Å²) in [5.74, 6) is 0. The van der Waals surface area contributed by atoms with Crippen molar-refractivity contribution in [3.8, 4) is 0 Å². The number of aryl methyl sites for hydroxylation is 1. The number of anilines is 2. The van der Waals surface area contributed by atoms with Crippen molar-refractivity contribution in [3.05, 3.63) is 23.8 Å². The highest BCUT2D eigenvalue weighted by Gasteiger charge is 1.98. The van der Waals surface area contributed by atoms with Crippen molar-refractivity contribution in [2.45, 2.75) is 65.2 Å². The van der Waals surface area contributed by atoms with E-state index in [0.29, 0.717) is 0 Å². The van der Waals surface area contributed by atoms with Crippen LogP contribution in [0.1, 0.15) is 63.9 Å². The van der Waals surface area contributed by atoms with Gasteiger partial charge in [-0.1, -0.05) is 57.9 Å².